The number of carbonyl (C=O) groups is 1. The molecule has 1 aliphatic heterocycles. The van der Waals surface area contributed by atoms with Gasteiger partial charge in [0.25, 0.3) is 5.91 Å². The van der Waals surface area contributed by atoms with Gasteiger partial charge in [-0.25, -0.2) is 0 Å². The number of benzene rings is 2. The molecule has 35 heavy (non-hydrogen) atoms. The molecular weight excluding hydrogens is 462 g/mol. The van der Waals surface area contributed by atoms with E-state index < -0.39 is 5.91 Å². The highest BCUT2D eigenvalue weighted by atomic mass is 32.1. The number of amides is 1. The minimum Gasteiger partial charge on any atom is -0.493 e. The summed E-state index contributed by atoms with van der Waals surface area (Å²) in [5.41, 5.74) is 2.83. The molecule has 0 unspecified atom stereocenters. The molecule has 2 aromatic carbocycles. The Labute approximate surface area is 208 Å². The number of rotatable bonds is 8. The molecular formula is C26H27N5O3S. The molecule has 0 saturated carbocycles. The van der Waals surface area contributed by atoms with Crippen LogP contribution in [0.15, 0.2) is 48.0 Å². The van der Waals surface area contributed by atoms with Crippen LogP contribution in [-0.2, 0) is 11.4 Å². The number of hydrogen-bond acceptors (Lipinski definition) is 8. The third-order valence-corrected chi connectivity index (χ3v) is 6.67. The molecule has 9 heteroatoms. The van der Waals surface area contributed by atoms with E-state index in [4.69, 9.17) is 9.47 Å². The molecule has 0 spiro atoms. The fourth-order valence-electron chi connectivity index (χ4n) is 3.78. The molecule has 1 aliphatic rings. The summed E-state index contributed by atoms with van der Waals surface area (Å²) in [5.74, 6) is 0.558. The van der Waals surface area contributed by atoms with Crippen LogP contribution in [0.5, 0.6) is 11.5 Å². The van der Waals surface area contributed by atoms with Gasteiger partial charge in [0.05, 0.1) is 7.11 Å². The topological polar surface area (TPSA) is 100 Å². The average molecular weight is 490 g/mol. The second-order valence-corrected chi connectivity index (χ2v) is 9.14. The Morgan fingerprint density at radius 3 is 2.71 bits per heavy atom. The van der Waals surface area contributed by atoms with Crippen LogP contribution in [0.1, 0.15) is 36.0 Å². The largest absolute Gasteiger partial charge is 0.493 e. The Bertz CT molecular complexity index is 1260. The smallest absolute Gasteiger partial charge is 0.268 e. The monoisotopic (exact) mass is 489 g/mol. The number of methoxy groups -OCH3 is 1. The van der Waals surface area contributed by atoms with Crippen LogP contribution in [-0.4, -0.2) is 36.3 Å². The van der Waals surface area contributed by atoms with Gasteiger partial charge in [0.2, 0.25) is 10.3 Å². The molecule has 0 radical (unpaired) electrons. The van der Waals surface area contributed by atoms with Crippen LogP contribution < -0.4 is 19.7 Å². The third kappa shape index (κ3) is 6.16. The van der Waals surface area contributed by atoms with E-state index in [0.29, 0.717) is 28.8 Å². The van der Waals surface area contributed by atoms with Gasteiger partial charge < -0.3 is 14.4 Å². The molecule has 1 N–H and O–H groups in total. The normalized spacial score (nSPS) is 13.7. The van der Waals surface area contributed by atoms with Gasteiger partial charge >= 0.3 is 0 Å². The number of nitrogens with zero attached hydrogens (tertiary/aromatic N) is 4. The summed E-state index contributed by atoms with van der Waals surface area (Å²) in [4.78, 5) is 14.9. The number of nitriles is 1. The highest BCUT2D eigenvalue weighted by molar-refractivity contribution is 7.19. The Balaban J connectivity index is 1.44. The first-order valence-corrected chi connectivity index (χ1v) is 12.3. The van der Waals surface area contributed by atoms with Crippen molar-refractivity contribution in [3.8, 4) is 17.6 Å². The first-order valence-electron chi connectivity index (χ1n) is 11.4. The van der Waals surface area contributed by atoms with Gasteiger partial charge in [-0.3, -0.25) is 10.1 Å². The summed E-state index contributed by atoms with van der Waals surface area (Å²) < 4.78 is 11.4. The zero-order valence-corrected chi connectivity index (χ0v) is 20.6. The second kappa shape index (κ2) is 11.5. The van der Waals surface area contributed by atoms with Crippen molar-refractivity contribution in [2.45, 2.75) is 32.8 Å². The van der Waals surface area contributed by atoms with Crippen molar-refractivity contribution in [2.24, 2.45) is 0 Å². The van der Waals surface area contributed by atoms with Crippen LogP contribution in [0.3, 0.4) is 0 Å². The lowest BCUT2D eigenvalue weighted by molar-refractivity contribution is -0.112. The van der Waals surface area contributed by atoms with E-state index >= 15 is 0 Å². The van der Waals surface area contributed by atoms with Gasteiger partial charge in [-0.15, -0.1) is 10.2 Å². The molecule has 1 aromatic heterocycles. The molecule has 1 saturated heterocycles. The summed E-state index contributed by atoms with van der Waals surface area (Å²) in [6.45, 7) is 4.33. The number of carbonyl (C=O) groups excluding carboxylic acids is 1. The Morgan fingerprint density at radius 1 is 1.17 bits per heavy atom. The Hall–Kier alpha value is -3.90. The van der Waals surface area contributed by atoms with E-state index in [9.17, 15) is 10.1 Å². The lowest BCUT2D eigenvalue weighted by atomic mass is 10.1. The number of ether oxygens (including phenoxy) is 2. The first-order chi connectivity index (χ1) is 17.1. The van der Waals surface area contributed by atoms with Crippen molar-refractivity contribution in [3.63, 3.8) is 0 Å². The fourth-order valence-corrected chi connectivity index (χ4v) is 4.57. The van der Waals surface area contributed by atoms with Crippen LogP contribution in [0.25, 0.3) is 6.08 Å². The van der Waals surface area contributed by atoms with Crippen molar-refractivity contribution >= 4 is 33.6 Å². The molecule has 2 heterocycles. The average Bonchev–Trinajstić information content (AvgIpc) is 3.36. The van der Waals surface area contributed by atoms with Gasteiger partial charge in [0, 0.05) is 13.1 Å². The standard InChI is InChI=1S/C26H27N5O3S/c1-18-8-4-5-9-20(18)17-34-22-11-10-19(15-23(22)33-2)14-21(16-27)24(32)28-25-29-30-26(35-25)31-12-6-3-7-13-31/h4-5,8-11,14-15H,3,6-7,12-13,17H2,1-2H3,(H,28,29,32)/b21-14-. The van der Waals surface area contributed by atoms with Gasteiger partial charge in [0.1, 0.15) is 18.2 Å². The van der Waals surface area contributed by atoms with Gasteiger partial charge in [0.15, 0.2) is 11.5 Å². The summed E-state index contributed by atoms with van der Waals surface area (Å²) in [5, 5.41) is 21.7. The number of hydrogen-bond donors (Lipinski definition) is 1. The highest BCUT2D eigenvalue weighted by Crippen LogP contribution is 2.30. The van der Waals surface area contributed by atoms with Gasteiger partial charge in [-0.05, 0) is 61.1 Å². The van der Waals surface area contributed by atoms with Gasteiger partial charge in [-0.1, -0.05) is 41.7 Å². The molecule has 8 nitrogen and oxygen atoms in total. The van der Waals surface area contributed by atoms with Crippen LogP contribution in [0, 0.1) is 18.3 Å². The summed E-state index contributed by atoms with van der Waals surface area (Å²) >= 11 is 1.31. The maximum atomic E-state index is 12.7. The van der Waals surface area contributed by atoms with E-state index in [-0.39, 0.29) is 5.57 Å². The predicted molar refractivity (Wildman–Crippen MR) is 137 cm³/mol. The molecule has 1 amide bonds. The van der Waals surface area contributed by atoms with Crippen LogP contribution >= 0.6 is 11.3 Å². The molecule has 4 rings (SSSR count). The molecule has 0 bridgehead atoms. The Kier molecular flexibility index (Phi) is 7.95. The first kappa shape index (κ1) is 24.2. The van der Waals surface area contributed by atoms with E-state index in [2.05, 4.69) is 20.4 Å². The van der Waals surface area contributed by atoms with E-state index in [1.807, 2.05) is 37.3 Å². The lowest BCUT2D eigenvalue weighted by Crippen LogP contribution is -2.29. The quantitative estimate of drug-likeness (QED) is 0.352. The molecule has 0 atom stereocenters. The number of piperidine rings is 1. The predicted octanol–water partition coefficient (Wildman–Crippen LogP) is 4.97. The van der Waals surface area contributed by atoms with E-state index in [1.54, 1.807) is 25.3 Å². The van der Waals surface area contributed by atoms with Crippen molar-refractivity contribution in [3.05, 3.63) is 64.7 Å². The minimum atomic E-state index is -0.535. The van der Waals surface area contributed by atoms with Crippen molar-refractivity contribution < 1.29 is 14.3 Å². The highest BCUT2D eigenvalue weighted by Gasteiger charge is 2.18. The van der Waals surface area contributed by atoms with Crippen molar-refractivity contribution in [1.82, 2.24) is 10.2 Å². The molecule has 0 aliphatic carbocycles. The third-order valence-electron chi connectivity index (χ3n) is 5.77. The zero-order valence-electron chi connectivity index (χ0n) is 19.8. The Morgan fingerprint density at radius 2 is 1.97 bits per heavy atom. The fraction of sp³-hybridized carbons (Fsp3) is 0.308. The number of aryl methyl sites for hydroxylation is 1. The van der Waals surface area contributed by atoms with Crippen molar-refractivity contribution in [2.75, 3.05) is 30.4 Å². The van der Waals surface area contributed by atoms with Gasteiger partial charge in [-0.2, -0.15) is 5.26 Å². The number of anilines is 2. The summed E-state index contributed by atoms with van der Waals surface area (Å²) in [6, 6.07) is 15.3. The van der Waals surface area contributed by atoms with E-state index in [1.165, 1.54) is 23.8 Å². The SMILES string of the molecule is COc1cc(/C=C(/C#N)C(=O)Nc2nnc(N3CCCCC3)s2)ccc1OCc1ccccc1C. The number of nitrogens with one attached hydrogen (secondary N) is 1. The molecule has 1 fully saturated rings. The zero-order chi connectivity index (χ0) is 24.6. The molecule has 3 aromatic rings. The summed E-state index contributed by atoms with van der Waals surface area (Å²) in [6.07, 6.45) is 4.99. The van der Waals surface area contributed by atoms with E-state index in [0.717, 1.165) is 42.2 Å². The number of aromatic nitrogens is 2. The van der Waals surface area contributed by atoms with Crippen LogP contribution in [0.2, 0.25) is 0 Å². The maximum absolute atomic E-state index is 12.7. The lowest BCUT2D eigenvalue weighted by Gasteiger charge is -2.25. The van der Waals surface area contributed by atoms with Crippen LogP contribution in [0.4, 0.5) is 10.3 Å². The summed E-state index contributed by atoms with van der Waals surface area (Å²) in [7, 11) is 1.55. The van der Waals surface area contributed by atoms with Crippen molar-refractivity contribution in [1.29, 1.82) is 5.26 Å². The maximum Gasteiger partial charge on any atom is 0.268 e. The second-order valence-electron chi connectivity index (χ2n) is 8.19. The molecule has 180 valence electrons. The minimum absolute atomic E-state index is 0.0460.